The van der Waals surface area contributed by atoms with E-state index in [1.54, 1.807) is 50.5 Å². The standard InChI is InChI=1S/C25H32N2O5/c1-16(2)13-26-24(28)21-15-27(25(29)17-8-6-9-18(12-17)30-3)14-20(21)19-10-7-11-22(31-4)23(19)32-5/h6-12,16,20-21H,13-15H2,1-5H3,(H,26,28)/t20-,21+/m1/s1. The van der Waals surface area contributed by atoms with Crippen molar-refractivity contribution in [1.29, 1.82) is 0 Å². The van der Waals surface area contributed by atoms with Crippen LogP contribution in [0, 0.1) is 11.8 Å². The van der Waals surface area contributed by atoms with Crippen LogP contribution in [0.3, 0.4) is 0 Å². The molecule has 0 aliphatic carbocycles. The fraction of sp³-hybridized carbons (Fsp3) is 0.440. The molecule has 32 heavy (non-hydrogen) atoms. The molecule has 172 valence electrons. The lowest BCUT2D eigenvalue weighted by molar-refractivity contribution is -0.125. The highest BCUT2D eigenvalue weighted by Crippen LogP contribution is 2.42. The second-order valence-corrected chi connectivity index (χ2v) is 8.38. The van der Waals surface area contributed by atoms with Crippen LogP contribution < -0.4 is 19.5 Å². The summed E-state index contributed by atoms with van der Waals surface area (Å²) in [7, 11) is 4.74. The highest BCUT2D eigenvalue weighted by atomic mass is 16.5. The molecule has 0 saturated carbocycles. The maximum Gasteiger partial charge on any atom is 0.254 e. The summed E-state index contributed by atoms with van der Waals surface area (Å²) < 4.78 is 16.4. The minimum absolute atomic E-state index is 0.0606. The molecule has 1 aliphatic rings. The number of nitrogens with zero attached hydrogens (tertiary/aromatic N) is 1. The van der Waals surface area contributed by atoms with E-state index in [2.05, 4.69) is 19.2 Å². The molecular formula is C25H32N2O5. The van der Waals surface area contributed by atoms with Gasteiger partial charge in [0.2, 0.25) is 5.91 Å². The Hall–Kier alpha value is -3.22. The lowest BCUT2D eigenvalue weighted by Crippen LogP contribution is -2.37. The first-order valence-electron chi connectivity index (χ1n) is 10.8. The van der Waals surface area contributed by atoms with Crippen LogP contribution in [0.1, 0.15) is 35.7 Å². The van der Waals surface area contributed by atoms with Crippen molar-refractivity contribution in [3.63, 3.8) is 0 Å². The van der Waals surface area contributed by atoms with Gasteiger partial charge in [-0.3, -0.25) is 9.59 Å². The zero-order valence-corrected chi connectivity index (χ0v) is 19.4. The maximum absolute atomic E-state index is 13.3. The number of amides is 2. The summed E-state index contributed by atoms with van der Waals surface area (Å²) in [6, 6.07) is 12.7. The summed E-state index contributed by atoms with van der Waals surface area (Å²) in [5.74, 6) is 1.34. The molecule has 2 aromatic carbocycles. The van der Waals surface area contributed by atoms with Crippen molar-refractivity contribution < 1.29 is 23.8 Å². The molecule has 1 heterocycles. The van der Waals surface area contributed by atoms with E-state index >= 15 is 0 Å². The molecule has 3 rings (SSSR count). The first kappa shape index (κ1) is 23.4. The Kier molecular flexibility index (Phi) is 7.62. The van der Waals surface area contributed by atoms with Gasteiger partial charge in [-0.05, 0) is 30.2 Å². The lowest BCUT2D eigenvalue weighted by atomic mass is 9.87. The summed E-state index contributed by atoms with van der Waals surface area (Å²) >= 11 is 0. The Morgan fingerprint density at radius 3 is 2.44 bits per heavy atom. The molecule has 0 unspecified atom stereocenters. The quantitative estimate of drug-likeness (QED) is 0.681. The fourth-order valence-corrected chi connectivity index (χ4v) is 4.13. The molecule has 1 N–H and O–H groups in total. The zero-order valence-electron chi connectivity index (χ0n) is 19.4. The van der Waals surface area contributed by atoms with Crippen LogP contribution in [0.15, 0.2) is 42.5 Å². The Morgan fingerprint density at radius 2 is 1.78 bits per heavy atom. The van der Waals surface area contributed by atoms with E-state index < -0.39 is 5.92 Å². The number of carbonyl (C=O) groups excluding carboxylic acids is 2. The third-order valence-corrected chi connectivity index (χ3v) is 5.78. The van der Waals surface area contributed by atoms with E-state index in [4.69, 9.17) is 14.2 Å². The van der Waals surface area contributed by atoms with Crippen molar-refractivity contribution in [3.05, 3.63) is 53.6 Å². The van der Waals surface area contributed by atoms with Crippen LogP contribution in [0.4, 0.5) is 0 Å². The maximum atomic E-state index is 13.3. The van der Waals surface area contributed by atoms with Gasteiger partial charge in [0.15, 0.2) is 11.5 Å². The van der Waals surface area contributed by atoms with Crippen LogP contribution in [0.5, 0.6) is 17.2 Å². The lowest BCUT2D eigenvalue weighted by Gasteiger charge is -2.22. The number of nitrogens with one attached hydrogen (secondary N) is 1. The third-order valence-electron chi connectivity index (χ3n) is 5.78. The van der Waals surface area contributed by atoms with Gasteiger partial charge in [-0.1, -0.05) is 32.0 Å². The molecular weight excluding hydrogens is 408 g/mol. The molecule has 2 atom stereocenters. The number of hydrogen-bond acceptors (Lipinski definition) is 5. The van der Waals surface area contributed by atoms with Crippen molar-refractivity contribution in [3.8, 4) is 17.2 Å². The van der Waals surface area contributed by atoms with Gasteiger partial charge in [0.1, 0.15) is 5.75 Å². The second kappa shape index (κ2) is 10.4. The zero-order chi connectivity index (χ0) is 23.3. The summed E-state index contributed by atoms with van der Waals surface area (Å²) in [6.45, 7) is 5.41. The molecule has 2 amide bonds. The van der Waals surface area contributed by atoms with E-state index in [1.807, 2.05) is 18.2 Å². The number of carbonyl (C=O) groups is 2. The van der Waals surface area contributed by atoms with Crippen LogP contribution in [0.25, 0.3) is 0 Å². The Bertz CT molecular complexity index is 959. The van der Waals surface area contributed by atoms with Gasteiger partial charge in [0.25, 0.3) is 5.91 Å². The molecule has 1 saturated heterocycles. The van der Waals surface area contributed by atoms with E-state index in [-0.39, 0.29) is 17.7 Å². The van der Waals surface area contributed by atoms with Crippen molar-refractivity contribution in [1.82, 2.24) is 10.2 Å². The molecule has 0 bridgehead atoms. The summed E-state index contributed by atoms with van der Waals surface area (Å²) in [5, 5.41) is 3.04. The van der Waals surface area contributed by atoms with Crippen LogP contribution >= 0.6 is 0 Å². The largest absolute Gasteiger partial charge is 0.497 e. The number of para-hydroxylation sites is 1. The minimum atomic E-state index is -0.399. The van der Waals surface area contributed by atoms with Crippen LogP contribution in [-0.2, 0) is 4.79 Å². The molecule has 0 aromatic heterocycles. The van der Waals surface area contributed by atoms with Gasteiger partial charge >= 0.3 is 0 Å². The highest BCUT2D eigenvalue weighted by molar-refractivity contribution is 5.95. The van der Waals surface area contributed by atoms with E-state index in [0.29, 0.717) is 48.4 Å². The predicted molar refractivity (Wildman–Crippen MR) is 123 cm³/mol. The molecule has 2 aromatic rings. The summed E-state index contributed by atoms with van der Waals surface area (Å²) in [6.07, 6.45) is 0. The van der Waals surface area contributed by atoms with Crippen LogP contribution in [-0.4, -0.2) is 57.7 Å². The molecule has 0 spiro atoms. The Morgan fingerprint density at radius 1 is 1.03 bits per heavy atom. The third kappa shape index (κ3) is 4.98. The van der Waals surface area contributed by atoms with Gasteiger partial charge in [-0.2, -0.15) is 0 Å². The second-order valence-electron chi connectivity index (χ2n) is 8.38. The van der Waals surface area contributed by atoms with Gasteiger partial charge < -0.3 is 24.4 Å². The monoisotopic (exact) mass is 440 g/mol. The molecule has 1 fully saturated rings. The first-order valence-corrected chi connectivity index (χ1v) is 10.8. The normalized spacial score (nSPS) is 17.9. The number of benzene rings is 2. The average molecular weight is 441 g/mol. The van der Waals surface area contributed by atoms with Gasteiger partial charge in [-0.25, -0.2) is 0 Å². The predicted octanol–water partition coefficient (Wildman–Crippen LogP) is 3.34. The highest BCUT2D eigenvalue weighted by Gasteiger charge is 2.42. The van der Waals surface area contributed by atoms with Crippen molar-refractivity contribution in [2.75, 3.05) is 41.0 Å². The summed E-state index contributed by atoms with van der Waals surface area (Å²) in [4.78, 5) is 28.2. The van der Waals surface area contributed by atoms with Crippen molar-refractivity contribution in [2.24, 2.45) is 11.8 Å². The molecule has 7 heteroatoms. The van der Waals surface area contributed by atoms with E-state index in [9.17, 15) is 9.59 Å². The van der Waals surface area contributed by atoms with Gasteiger partial charge in [-0.15, -0.1) is 0 Å². The number of ether oxygens (including phenoxy) is 3. The van der Waals surface area contributed by atoms with Crippen molar-refractivity contribution in [2.45, 2.75) is 19.8 Å². The van der Waals surface area contributed by atoms with Crippen LogP contribution in [0.2, 0.25) is 0 Å². The number of methoxy groups -OCH3 is 3. The molecule has 1 aliphatic heterocycles. The number of hydrogen-bond donors (Lipinski definition) is 1. The summed E-state index contributed by atoms with van der Waals surface area (Å²) in [5.41, 5.74) is 1.39. The number of rotatable bonds is 8. The SMILES string of the molecule is COc1cccc(C(=O)N2C[C@H](C(=O)NCC(C)C)[C@@H](c3cccc(OC)c3OC)C2)c1. The minimum Gasteiger partial charge on any atom is -0.497 e. The van der Waals surface area contributed by atoms with Gasteiger partial charge in [0, 0.05) is 36.7 Å². The molecule has 0 radical (unpaired) electrons. The number of likely N-dealkylation sites (tertiary alicyclic amines) is 1. The topological polar surface area (TPSA) is 77.1 Å². The Balaban J connectivity index is 1.94. The molecule has 7 nitrogen and oxygen atoms in total. The first-order chi connectivity index (χ1) is 15.4. The van der Waals surface area contributed by atoms with E-state index in [0.717, 1.165) is 5.56 Å². The van der Waals surface area contributed by atoms with E-state index in [1.165, 1.54) is 0 Å². The van der Waals surface area contributed by atoms with Gasteiger partial charge in [0.05, 0.1) is 27.2 Å². The van der Waals surface area contributed by atoms with Crippen molar-refractivity contribution >= 4 is 11.8 Å². The Labute approximate surface area is 189 Å². The average Bonchev–Trinajstić information content (AvgIpc) is 3.26. The fourth-order valence-electron chi connectivity index (χ4n) is 4.13. The smallest absolute Gasteiger partial charge is 0.254 e.